The fraction of sp³-hybridized carbons (Fsp3) is 0.889. The Labute approximate surface area is 79.0 Å². The lowest BCUT2D eigenvalue weighted by atomic mass is 10.1. The second-order valence-electron chi connectivity index (χ2n) is 3.84. The van der Waals surface area contributed by atoms with Gasteiger partial charge in [-0.05, 0) is 12.3 Å². The zero-order chi connectivity index (χ0) is 9.84. The third kappa shape index (κ3) is 2.59. The number of carbonyl (C=O) groups is 1. The van der Waals surface area contributed by atoms with Crippen LogP contribution in [0.15, 0.2) is 0 Å². The van der Waals surface area contributed by atoms with Crippen LogP contribution in [0, 0.1) is 5.92 Å². The van der Waals surface area contributed by atoms with Gasteiger partial charge in [-0.25, -0.2) is 4.79 Å². The van der Waals surface area contributed by atoms with Gasteiger partial charge < -0.3 is 15.4 Å². The van der Waals surface area contributed by atoms with E-state index < -0.39 is 0 Å². The van der Waals surface area contributed by atoms with Crippen LogP contribution >= 0.6 is 0 Å². The third-order valence-corrected chi connectivity index (χ3v) is 2.29. The van der Waals surface area contributed by atoms with E-state index in [-0.39, 0.29) is 12.1 Å². The average Bonchev–Trinajstić information content (AvgIpc) is 2.43. The van der Waals surface area contributed by atoms with Crippen LogP contribution in [0.3, 0.4) is 0 Å². The quantitative estimate of drug-likeness (QED) is 0.707. The third-order valence-electron chi connectivity index (χ3n) is 2.29. The molecule has 4 nitrogen and oxygen atoms in total. The highest BCUT2D eigenvalue weighted by molar-refractivity contribution is 5.70. The van der Waals surface area contributed by atoms with Gasteiger partial charge in [0, 0.05) is 13.1 Å². The van der Waals surface area contributed by atoms with Crippen molar-refractivity contribution < 1.29 is 9.53 Å². The zero-order valence-electron chi connectivity index (χ0n) is 8.32. The minimum absolute atomic E-state index is 0.0891. The molecule has 0 aromatic carbocycles. The van der Waals surface area contributed by atoms with Crippen LogP contribution in [-0.2, 0) is 4.74 Å². The molecule has 0 bridgehead atoms. The van der Waals surface area contributed by atoms with Crippen LogP contribution in [0.4, 0.5) is 4.79 Å². The standard InChI is InChI=1S/C9H18N2O2/c1-7(2)3-4-11-8(5-10)6-13-9(11)12/h7-8H,3-6,10H2,1-2H3. The van der Waals surface area contributed by atoms with Gasteiger partial charge in [0.05, 0.1) is 6.04 Å². The molecule has 1 rings (SSSR count). The smallest absolute Gasteiger partial charge is 0.410 e. The summed E-state index contributed by atoms with van der Waals surface area (Å²) in [6, 6.07) is 0.0891. The first-order valence-electron chi connectivity index (χ1n) is 4.78. The van der Waals surface area contributed by atoms with Gasteiger partial charge in [-0.2, -0.15) is 0 Å². The van der Waals surface area contributed by atoms with Gasteiger partial charge in [0.15, 0.2) is 0 Å². The predicted octanol–water partition coefficient (Wildman–Crippen LogP) is 0.812. The molecule has 1 aliphatic rings. The summed E-state index contributed by atoms with van der Waals surface area (Å²) in [6.07, 6.45) is 0.794. The van der Waals surface area contributed by atoms with Gasteiger partial charge in [0.25, 0.3) is 0 Å². The molecule has 0 aromatic heterocycles. The summed E-state index contributed by atoms with van der Waals surface area (Å²) in [5.74, 6) is 0.604. The molecule has 0 spiro atoms. The minimum atomic E-state index is -0.212. The van der Waals surface area contributed by atoms with Crippen molar-refractivity contribution in [1.82, 2.24) is 4.90 Å². The lowest BCUT2D eigenvalue weighted by molar-refractivity contribution is 0.156. The van der Waals surface area contributed by atoms with Crippen LogP contribution in [0.1, 0.15) is 20.3 Å². The normalized spacial score (nSPS) is 22.6. The molecule has 1 aliphatic heterocycles. The summed E-state index contributed by atoms with van der Waals surface area (Å²) >= 11 is 0. The highest BCUT2D eigenvalue weighted by Gasteiger charge is 2.31. The van der Waals surface area contributed by atoms with E-state index in [1.807, 2.05) is 0 Å². The number of hydrogen-bond donors (Lipinski definition) is 1. The number of amides is 1. The Morgan fingerprint density at radius 3 is 2.92 bits per heavy atom. The van der Waals surface area contributed by atoms with Crippen LogP contribution in [0.25, 0.3) is 0 Å². The predicted molar refractivity (Wildman–Crippen MR) is 50.4 cm³/mol. The van der Waals surface area contributed by atoms with Crippen LogP contribution in [0.2, 0.25) is 0 Å². The van der Waals surface area contributed by atoms with Crippen molar-refractivity contribution >= 4 is 6.09 Å². The van der Waals surface area contributed by atoms with Crippen molar-refractivity contribution in [3.8, 4) is 0 Å². The van der Waals surface area contributed by atoms with Gasteiger partial charge >= 0.3 is 6.09 Å². The molecule has 0 aliphatic carbocycles. The second kappa shape index (κ2) is 4.46. The van der Waals surface area contributed by atoms with Crippen LogP contribution in [-0.4, -0.2) is 36.7 Å². The monoisotopic (exact) mass is 186 g/mol. The fourth-order valence-corrected chi connectivity index (χ4v) is 1.36. The van der Waals surface area contributed by atoms with Crippen LogP contribution < -0.4 is 5.73 Å². The molecule has 2 N–H and O–H groups in total. The van der Waals surface area contributed by atoms with Gasteiger partial charge in [0.2, 0.25) is 0 Å². The Morgan fingerprint density at radius 1 is 1.69 bits per heavy atom. The Kier molecular flexibility index (Phi) is 3.54. The fourth-order valence-electron chi connectivity index (χ4n) is 1.36. The molecule has 1 saturated heterocycles. The number of carbonyl (C=O) groups excluding carboxylic acids is 1. The Morgan fingerprint density at radius 2 is 2.38 bits per heavy atom. The summed E-state index contributed by atoms with van der Waals surface area (Å²) in [4.78, 5) is 12.9. The van der Waals surface area contributed by atoms with E-state index in [0.717, 1.165) is 13.0 Å². The van der Waals surface area contributed by atoms with E-state index in [1.165, 1.54) is 0 Å². The molecule has 1 heterocycles. The van der Waals surface area contributed by atoms with Gasteiger partial charge in [-0.1, -0.05) is 13.8 Å². The van der Waals surface area contributed by atoms with E-state index in [9.17, 15) is 4.79 Å². The van der Waals surface area contributed by atoms with Crippen molar-refractivity contribution in [2.75, 3.05) is 19.7 Å². The van der Waals surface area contributed by atoms with Crippen molar-refractivity contribution in [1.29, 1.82) is 0 Å². The molecule has 0 saturated carbocycles. The molecule has 1 atom stereocenters. The van der Waals surface area contributed by atoms with Gasteiger partial charge in [-0.3, -0.25) is 0 Å². The molecule has 13 heavy (non-hydrogen) atoms. The zero-order valence-corrected chi connectivity index (χ0v) is 8.32. The summed E-state index contributed by atoms with van der Waals surface area (Å²) in [7, 11) is 0. The van der Waals surface area contributed by atoms with E-state index in [2.05, 4.69) is 13.8 Å². The highest BCUT2D eigenvalue weighted by Crippen LogP contribution is 2.13. The molecule has 1 amide bonds. The van der Waals surface area contributed by atoms with E-state index in [0.29, 0.717) is 19.1 Å². The van der Waals surface area contributed by atoms with Crippen molar-refractivity contribution in [3.63, 3.8) is 0 Å². The molecule has 0 aromatic rings. The number of rotatable bonds is 4. The number of hydrogen-bond acceptors (Lipinski definition) is 3. The van der Waals surface area contributed by atoms with Gasteiger partial charge in [-0.15, -0.1) is 0 Å². The molecule has 4 heteroatoms. The van der Waals surface area contributed by atoms with Crippen molar-refractivity contribution in [2.45, 2.75) is 26.3 Å². The SMILES string of the molecule is CC(C)CCN1C(=O)OCC1CN. The molecular formula is C9H18N2O2. The van der Waals surface area contributed by atoms with E-state index >= 15 is 0 Å². The number of nitrogens with two attached hydrogens (primary N) is 1. The molecule has 1 unspecified atom stereocenters. The molecule has 0 radical (unpaired) electrons. The van der Waals surface area contributed by atoms with E-state index in [4.69, 9.17) is 10.5 Å². The maximum Gasteiger partial charge on any atom is 0.410 e. The van der Waals surface area contributed by atoms with Crippen molar-refractivity contribution in [2.24, 2.45) is 11.7 Å². The summed E-state index contributed by atoms with van der Waals surface area (Å²) in [5, 5.41) is 0. The second-order valence-corrected chi connectivity index (χ2v) is 3.84. The Hall–Kier alpha value is -0.770. The molecular weight excluding hydrogens is 168 g/mol. The van der Waals surface area contributed by atoms with Crippen molar-refractivity contribution in [3.05, 3.63) is 0 Å². The minimum Gasteiger partial charge on any atom is -0.447 e. The maximum atomic E-state index is 11.2. The number of cyclic esters (lactones) is 1. The first kappa shape index (κ1) is 10.3. The molecule has 76 valence electrons. The largest absolute Gasteiger partial charge is 0.447 e. The lowest BCUT2D eigenvalue weighted by Crippen LogP contribution is -2.39. The average molecular weight is 186 g/mol. The van der Waals surface area contributed by atoms with Crippen LogP contribution in [0.5, 0.6) is 0 Å². The number of ether oxygens (including phenoxy) is 1. The molecule has 1 fully saturated rings. The summed E-state index contributed by atoms with van der Waals surface area (Å²) in [6.45, 7) is 5.98. The summed E-state index contributed by atoms with van der Waals surface area (Å²) in [5.41, 5.74) is 5.52. The Balaban J connectivity index is 2.40. The van der Waals surface area contributed by atoms with Gasteiger partial charge in [0.1, 0.15) is 6.61 Å². The first-order chi connectivity index (χ1) is 6.15. The topological polar surface area (TPSA) is 55.6 Å². The summed E-state index contributed by atoms with van der Waals surface area (Å²) < 4.78 is 4.91. The highest BCUT2D eigenvalue weighted by atomic mass is 16.6. The lowest BCUT2D eigenvalue weighted by Gasteiger charge is -2.20. The van der Waals surface area contributed by atoms with E-state index in [1.54, 1.807) is 4.90 Å². The maximum absolute atomic E-state index is 11.2. The Bertz CT molecular complexity index is 182. The first-order valence-corrected chi connectivity index (χ1v) is 4.78. The number of nitrogens with zero attached hydrogens (tertiary/aromatic N) is 1.